The predicted molar refractivity (Wildman–Crippen MR) is 29.7 cm³/mol. The largest absolute Gasteiger partial charge is 0.0887 e. The second-order valence-electron chi connectivity index (χ2n) is 1.49. The summed E-state index contributed by atoms with van der Waals surface area (Å²) >= 11 is 0. The number of hydrogen-bond donors (Lipinski definition) is 0. The first-order valence-corrected chi connectivity index (χ1v) is 2.43. The summed E-state index contributed by atoms with van der Waals surface area (Å²) in [6.45, 7) is 6.37. The van der Waals surface area contributed by atoms with E-state index in [0.29, 0.717) is 0 Å². The van der Waals surface area contributed by atoms with Crippen molar-refractivity contribution in [2.24, 2.45) is 0 Å². The Morgan fingerprint density at radius 3 is 2.17 bits per heavy atom. The van der Waals surface area contributed by atoms with E-state index in [1.165, 1.54) is 12.0 Å². The highest BCUT2D eigenvalue weighted by Gasteiger charge is 1.73. The molecular weight excluding hydrogens is 72.1 g/mol. The smallest absolute Gasteiger partial charge is 0.0352 e. The zero-order valence-electron chi connectivity index (χ0n) is 4.78. The number of allylic oxidation sites excluding steroid dienone is 2. The van der Waals surface area contributed by atoms with E-state index in [-0.39, 0.29) is 0 Å². The van der Waals surface area contributed by atoms with Gasteiger partial charge in [-0.05, 0) is 20.3 Å². The van der Waals surface area contributed by atoms with Gasteiger partial charge in [0.25, 0.3) is 0 Å². The van der Waals surface area contributed by atoms with E-state index in [2.05, 4.69) is 26.8 Å². The first-order valence-electron chi connectivity index (χ1n) is 2.43. The summed E-state index contributed by atoms with van der Waals surface area (Å²) in [6, 6.07) is 0. The Labute approximate surface area is 39.9 Å². The van der Waals surface area contributed by atoms with Gasteiger partial charge in [-0.3, -0.25) is 0 Å². The maximum absolute atomic E-state index is 2.16. The van der Waals surface area contributed by atoms with Crippen LogP contribution in [0.25, 0.3) is 0 Å². The zero-order chi connectivity index (χ0) is 4.99. The Balaban J connectivity index is 3.22. The third-order valence-corrected chi connectivity index (χ3v) is 1.05. The fourth-order valence-corrected chi connectivity index (χ4v) is 0.204. The van der Waals surface area contributed by atoms with Crippen LogP contribution in [0.2, 0.25) is 0 Å². The minimum Gasteiger partial charge on any atom is -0.0887 e. The molecule has 0 aromatic carbocycles. The molecule has 0 aliphatic heterocycles. The molecule has 0 saturated carbocycles. The molecule has 0 nitrogen and oxygen atoms in total. The van der Waals surface area contributed by atoms with Gasteiger partial charge in [-0.2, -0.15) is 0 Å². The zero-order valence-corrected chi connectivity index (χ0v) is 4.78. The van der Waals surface area contributed by atoms with Gasteiger partial charge in [0.1, 0.15) is 0 Å². The molecule has 0 atom stereocenters. The van der Waals surface area contributed by atoms with Gasteiger partial charge in [0, 0.05) is 0 Å². The minimum atomic E-state index is 1.19. The van der Waals surface area contributed by atoms with Crippen LogP contribution in [-0.2, 0) is 0 Å². The lowest BCUT2D eigenvalue weighted by atomic mass is 10.2. The molecule has 0 aliphatic rings. The van der Waals surface area contributed by atoms with E-state index in [4.69, 9.17) is 0 Å². The molecule has 0 rings (SSSR count). The molecule has 36 valence electrons. The molecule has 0 spiro atoms. The fraction of sp³-hybridized carbons (Fsp3) is 0.667. The standard InChI is InChI=1S/C6H12/c1-4-6(3)5-2/h4H,5H2,1-3H3. The molecule has 0 fully saturated rings. The van der Waals surface area contributed by atoms with E-state index in [0.717, 1.165) is 0 Å². The van der Waals surface area contributed by atoms with Crippen LogP contribution < -0.4 is 0 Å². The van der Waals surface area contributed by atoms with E-state index >= 15 is 0 Å². The molecule has 0 aromatic rings. The van der Waals surface area contributed by atoms with E-state index < -0.39 is 0 Å². The molecule has 0 radical (unpaired) electrons. The molecule has 0 N–H and O–H groups in total. The van der Waals surface area contributed by atoms with Crippen LogP contribution in [0.4, 0.5) is 0 Å². The summed E-state index contributed by atoms with van der Waals surface area (Å²) in [5, 5.41) is 0. The van der Waals surface area contributed by atoms with Crippen molar-refractivity contribution in [3.8, 4) is 0 Å². The summed E-state index contributed by atoms with van der Waals surface area (Å²) in [5.41, 5.74) is 1.47. The van der Waals surface area contributed by atoms with Crippen LogP contribution in [0.5, 0.6) is 0 Å². The Morgan fingerprint density at radius 1 is 1.67 bits per heavy atom. The first kappa shape index (κ1) is 5.74. The van der Waals surface area contributed by atoms with Crippen LogP contribution >= 0.6 is 0 Å². The Hall–Kier alpha value is -0.260. The monoisotopic (exact) mass is 84.1 g/mol. The van der Waals surface area contributed by atoms with Gasteiger partial charge in [0.05, 0.1) is 0 Å². The van der Waals surface area contributed by atoms with Crippen LogP contribution in [0.15, 0.2) is 11.6 Å². The molecule has 0 aliphatic carbocycles. The lowest BCUT2D eigenvalue weighted by Crippen LogP contribution is -1.63. The fourth-order valence-electron chi connectivity index (χ4n) is 0.204. The van der Waals surface area contributed by atoms with Gasteiger partial charge in [0.15, 0.2) is 0 Å². The third-order valence-electron chi connectivity index (χ3n) is 1.05. The number of hydrogen-bond acceptors (Lipinski definition) is 0. The van der Waals surface area contributed by atoms with Crippen LogP contribution in [0.3, 0.4) is 0 Å². The van der Waals surface area contributed by atoms with Gasteiger partial charge >= 0.3 is 0 Å². The SMILES string of the molecule is CC=C(C)CC. The van der Waals surface area contributed by atoms with Gasteiger partial charge < -0.3 is 0 Å². The van der Waals surface area contributed by atoms with Gasteiger partial charge in [-0.25, -0.2) is 0 Å². The highest BCUT2D eigenvalue weighted by Crippen LogP contribution is 1.94. The third kappa shape index (κ3) is 2.01. The second kappa shape index (κ2) is 2.95. The average molecular weight is 84.2 g/mol. The van der Waals surface area contributed by atoms with E-state index in [1.54, 1.807) is 0 Å². The minimum absolute atomic E-state index is 1.19. The highest BCUT2D eigenvalue weighted by molar-refractivity contribution is 4.93. The molecule has 0 aromatic heterocycles. The Bertz CT molecular complexity index is 51.1. The van der Waals surface area contributed by atoms with E-state index in [1.807, 2.05) is 0 Å². The van der Waals surface area contributed by atoms with Crippen molar-refractivity contribution in [2.75, 3.05) is 0 Å². The Morgan fingerprint density at radius 2 is 2.17 bits per heavy atom. The lowest BCUT2D eigenvalue weighted by Gasteiger charge is -1.85. The topological polar surface area (TPSA) is 0 Å². The number of rotatable bonds is 1. The van der Waals surface area contributed by atoms with Crippen molar-refractivity contribution in [3.05, 3.63) is 11.6 Å². The van der Waals surface area contributed by atoms with Gasteiger partial charge in [-0.1, -0.05) is 18.6 Å². The first-order chi connectivity index (χ1) is 2.81. The van der Waals surface area contributed by atoms with Crippen molar-refractivity contribution in [3.63, 3.8) is 0 Å². The molecular formula is C6H12. The van der Waals surface area contributed by atoms with Crippen molar-refractivity contribution in [2.45, 2.75) is 27.2 Å². The van der Waals surface area contributed by atoms with Crippen molar-refractivity contribution in [1.82, 2.24) is 0 Å². The summed E-state index contributed by atoms with van der Waals surface area (Å²) in [5.74, 6) is 0. The molecule has 0 amide bonds. The average Bonchev–Trinajstić information content (AvgIpc) is 1.65. The summed E-state index contributed by atoms with van der Waals surface area (Å²) < 4.78 is 0. The maximum Gasteiger partial charge on any atom is -0.0352 e. The molecule has 0 heterocycles. The second-order valence-corrected chi connectivity index (χ2v) is 1.49. The summed E-state index contributed by atoms with van der Waals surface area (Å²) in [6.07, 6.45) is 3.33. The van der Waals surface area contributed by atoms with E-state index in [9.17, 15) is 0 Å². The van der Waals surface area contributed by atoms with Crippen LogP contribution in [0, 0.1) is 0 Å². The van der Waals surface area contributed by atoms with Crippen LogP contribution in [-0.4, -0.2) is 0 Å². The lowest BCUT2D eigenvalue weighted by molar-refractivity contribution is 1.09. The highest BCUT2D eigenvalue weighted by atomic mass is 13.8. The van der Waals surface area contributed by atoms with Crippen molar-refractivity contribution in [1.29, 1.82) is 0 Å². The maximum atomic E-state index is 2.16. The Kier molecular flexibility index (Phi) is 2.82. The summed E-state index contributed by atoms with van der Waals surface area (Å²) in [7, 11) is 0. The molecule has 0 unspecified atom stereocenters. The molecule has 6 heavy (non-hydrogen) atoms. The molecule has 0 saturated heterocycles. The van der Waals surface area contributed by atoms with Gasteiger partial charge in [-0.15, -0.1) is 0 Å². The van der Waals surface area contributed by atoms with Crippen molar-refractivity contribution >= 4 is 0 Å². The molecule has 0 bridgehead atoms. The van der Waals surface area contributed by atoms with Crippen molar-refractivity contribution < 1.29 is 0 Å². The predicted octanol–water partition coefficient (Wildman–Crippen LogP) is 2.36. The normalized spacial score (nSPS) is 12.2. The van der Waals surface area contributed by atoms with Gasteiger partial charge in [0.2, 0.25) is 0 Å². The van der Waals surface area contributed by atoms with Crippen LogP contribution in [0.1, 0.15) is 27.2 Å². The molecule has 0 heteroatoms. The quantitative estimate of drug-likeness (QED) is 0.428. The summed E-state index contributed by atoms with van der Waals surface area (Å²) in [4.78, 5) is 0.